The summed E-state index contributed by atoms with van der Waals surface area (Å²) in [6.45, 7) is 1.83. The maximum Gasteiger partial charge on any atom is 0.275 e. The number of hydrogen-bond acceptors (Lipinski definition) is 3. The Bertz CT molecular complexity index is 1160. The van der Waals surface area contributed by atoms with E-state index in [1.807, 2.05) is 42.2 Å². The monoisotopic (exact) mass is 405 g/mol. The first-order valence-corrected chi connectivity index (χ1v) is 10.5. The Labute approximate surface area is 174 Å². The molecule has 2 saturated heterocycles. The molecule has 30 heavy (non-hydrogen) atoms. The molecule has 3 heterocycles. The van der Waals surface area contributed by atoms with Gasteiger partial charge in [0.25, 0.3) is 5.56 Å². The Morgan fingerprint density at radius 3 is 2.33 bits per heavy atom. The minimum absolute atomic E-state index is 0.0290. The van der Waals surface area contributed by atoms with Gasteiger partial charge in [0.1, 0.15) is 12.4 Å². The van der Waals surface area contributed by atoms with Gasteiger partial charge in [-0.2, -0.15) is 5.10 Å². The van der Waals surface area contributed by atoms with E-state index in [1.165, 1.54) is 16.8 Å². The average molecular weight is 405 g/mol. The number of benzene rings is 2. The Balaban J connectivity index is 1.37. The summed E-state index contributed by atoms with van der Waals surface area (Å²) < 4.78 is 14.6. The highest BCUT2D eigenvalue weighted by Crippen LogP contribution is 2.43. The van der Waals surface area contributed by atoms with Crippen LogP contribution >= 0.6 is 0 Å². The van der Waals surface area contributed by atoms with E-state index in [0.29, 0.717) is 11.3 Å². The molecule has 0 radical (unpaired) electrons. The quantitative estimate of drug-likeness (QED) is 0.666. The van der Waals surface area contributed by atoms with Crippen LogP contribution in [-0.2, 0) is 11.3 Å². The molecule has 2 fully saturated rings. The van der Waals surface area contributed by atoms with Crippen molar-refractivity contribution in [3.05, 3.63) is 76.0 Å². The molecule has 3 aromatic rings. The molecule has 2 aliphatic heterocycles. The first kappa shape index (κ1) is 19.0. The lowest BCUT2D eigenvalue weighted by atomic mass is 9.85. The molecule has 2 aromatic carbocycles. The van der Waals surface area contributed by atoms with E-state index in [2.05, 4.69) is 5.10 Å². The van der Waals surface area contributed by atoms with E-state index < -0.39 is 0 Å². The van der Waals surface area contributed by atoms with E-state index in [0.717, 1.165) is 42.3 Å². The number of carbonyl (C=O) groups is 1. The van der Waals surface area contributed by atoms with E-state index >= 15 is 0 Å². The Morgan fingerprint density at radius 1 is 1.03 bits per heavy atom. The van der Waals surface area contributed by atoms with E-state index in [-0.39, 0.29) is 35.9 Å². The molecule has 2 aliphatic rings. The molecular formula is C24H24FN3O2. The van der Waals surface area contributed by atoms with Gasteiger partial charge in [-0.15, -0.1) is 0 Å². The number of hydrogen-bond donors (Lipinski definition) is 0. The second-order valence-corrected chi connectivity index (χ2v) is 8.50. The molecule has 1 amide bonds. The molecule has 154 valence electrons. The predicted octanol–water partition coefficient (Wildman–Crippen LogP) is 3.78. The number of fused-ring (bicyclic) bond motifs is 3. The summed E-state index contributed by atoms with van der Waals surface area (Å²) in [4.78, 5) is 28.0. The van der Waals surface area contributed by atoms with Crippen molar-refractivity contribution in [3.8, 4) is 0 Å². The number of carbonyl (C=O) groups excluding carboxylic acids is 1. The summed E-state index contributed by atoms with van der Waals surface area (Å²) in [5.41, 5.74) is 1.66. The molecule has 5 nitrogen and oxygen atoms in total. The molecule has 0 spiro atoms. The smallest absolute Gasteiger partial charge is 0.275 e. The number of rotatable bonds is 3. The van der Waals surface area contributed by atoms with Crippen LogP contribution in [0.15, 0.2) is 53.3 Å². The molecule has 6 heteroatoms. The first-order valence-electron chi connectivity index (χ1n) is 10.5. The fraction of sp³-hybridized carbons (Fsp3) is 0.375. The molecule has 0 saturated carbocycles. The zero-order valence-corrected chi connectivity index (χ0v) is 16.9. The van der Waals surface area contributed by atoms with Crippen molar-refractivity contribution in [1.82, 2.24) is 14.7 Å². The fourth-order valence-electron chi connectivity index (χ4n) is 5.31. The second kappa shape index (κ2) is 7.35. The van der Waals surface area contributed by atoms with Crippen molar-refractivity contribution in [1.29, 1.82) is 0 Å². The topological polar surface area (TPSA) is 55.2 Å². The molecule has 5 rings (SSSR count). The predicted molar refractivity (Wildman–Crippen MR) is 113 cm³/mol. The third kappa shape index (κ3) is 3.20. The SMILES string of the molecule is Cc1nn(CC(=O)N2[C@H]3CC[C@H]2CC(c2ccc(F)cc2)C3)c(=O)c2ccccc12. The highest BCUT2D eigenvalue weighted by molar-refractivity contribution is 5.84. The standard InChI is InChI=1S/C24H24FN3O2/c1-15-21-4-2-3-5-22(21)24(30)27(26-15)14-23(29)28-19-10-11-20(28)13-17(12-19)16-6-8-18(25)9-7-16/h2-9,17,19-20H,10-14H2,1H3/t19-,20-/m0/s1. The van der Waals surface area contributed by atoms with Crippen LogP contribution in [0.4, 0.5) is 4.39 Å². The third-order valence-corrected chi connectivity index (χ3v) is 6.70. The summed E-state index contributed by atoms with van der Waals surface area (Å²) in [7, 11) is 0. The van der Waals surface area contributed by atoms with Crippen LogP contribution in [0, 0.1) is 12.7 Å². The van der Waals surface area contributed by atoms with Crippen molar-refractivity contribution >= 4 is 16.7 Å². The number of piperidine rings is 1. The van der Waals surface area contributed by atoms with Gasteiger partial charge in [0.15, 0.2) is 0 Å². The van der Waals surface area contributed by atoms with Gasteiger partial charge in [0.05, 0.1) is 11.1 Å². The lowest BCUT2D eigenvalue weighted by molar-refractivity contribution is -0.136. The van der Waals surface area contributed by atoms with Gasteiger partial charge in [-0.25, -0.2) is 9.07 Å². The molecule has 0 unspecified atom stereocenters. The van der Waals surface area contributed by atoms with Crippen LogP contribution in [-0.4, -0.2) is 32.7 Å². The fourth-order valence-corrected chi connectivity index (χ4v) is 5.31. The molecule has 1 aromatic heterocycles. The van der Waals surface area contributed by atoms with Gasteiger partial charge < -0.3 is 4.90 Å². The minimum Gasteiger partial charge on any atom is -0.335 e. The summed E-state index contributed by atoms with van der Waals surface area (Å²) in [5, 5.41) is 5.82. The van der Waals surface area contributed by atoms with Crippen LogP contribution in [0.25, 0.3) is 10.8 Å². The Kier molecular flexibility index (Phi) is 4.65. The van der Waals surface area contributed by atoms with Gasteiger partial charge in [0.2, 0.25) is 5.91 Å². The van der Waals surface area contributed by atoms with Crippen LogP contribution in [0.1, 0.15) is 42.9 Å². The maximum absolute atomic E-state index is 13.3. The Morgan fingerprint density at radius 2 is 1.67 bits per heavy atom. The number of amides is 1. The molecule has 2 atom stereocenters. The molecular weight excluding hydrogens is 381 g/mol. The lowest BCUT2D eigenvalue weighted by Gasteiger charge is -2.39. The first-order chi connectivity index (χ1) is 14.5. The number of nitrogens with zero attached hydrogens (tertiary/aromatic N) is 3. The zero-order chi connectivity index (χ0) is 20.8. The second-order valence-electron chi connectivity index (χ2n) is 8.50. The summed E-state index contributed by atoms with van der Waals surface area (Å²) >= 11 is 0. The van der Waals surface area contributed by atoms with Gasteiger partial charge in [-0.05, 0) is 62.3 Å². The van der Waals surface area contributed by atoms with Crippen molar-refractivity contribution < 1.29 is 9.18 Å². The zero-order valence-electron chi connectivity index (χ0n) is 16.9. The van der Waals surface area contributed by atoms with Gasteiger partial charge in [-0.3, -0.25) is 9.59 Å². The molecule has 0 aliphatic carbocycles. The van der Waals surface area contributed by atoms with E-state index in [4.69, 9.17) is 0 Å². The van der Waals surface area contributed by atoms with Crippen molar-refractivity contribution in [2.45, 2.75) is 57.2 Å². The number of aromatic nitrogens is 2. The third-order valence-electron chi connectivity index (χ3n) is 6.70. The highest BCUT2D eigenvalue weighted by atomic mass is 19.1. The van der Waals surface area contributed by atoms with Gasteiger partial charge in [-0.1, -0.05) is 30.3 Å². The van der Waals surface area contributed by atoms with Crippen molar-refractivity contribution in [2.75, 3.05) is 0 Å². The average Bonchev–Trinajstić information content (AvgIpc) is 3.02. The van der Waals surface area contributed by atoms with Crippen LogP contribution < -0.4 is 5.56 Å². The molecule has 2 bridgehead atoms. The van der Waals surface area contributed by atoms with Crippen LogP contribution in [0.3, 0.4) is 0 Å². The number of aryl methyl sites for hydroxylation is 1. The lowest BCUT2D eigenvalue weighted by Crippen LogP contribution is -2.48. The Hall–Kier alpha value is -3.02. The van der Waals surface area contributed by atoms with Gasteiger partial charge >= 0.3 is 0 Å². The summed E-state index contributed by atoms with van der Waals surface area (Å²) in [5.74, 6) is 0.0817. The van der Waals surface area contributed by atoms with Crippen molar-refractivity contribution in [3.63, 3.8) is 0 Å². The van der Waals surface area contributed by atoms with Gasteiger partial charge in [0, 0.05) is 17.5 Å². The van der Waals surface area contributed by atoms with Crippen LogP contribution in [0.5, 0.6) is 0 Å². The summed E-state index contributed by atoms with van der Waals surface area (Å²) in [6.07, 6.45) is 3.72. The van der Waals surface area contributed by atoms with E-state index in [9.17, 15) is 14.0 Å². The maximum atomic E-state index is 13.3. The van der Waals surface area contributed by atoms with Crippen LogP contribution in [0.2, 0.25) is 0 Å². The number of halogens is 1. The van der Waals surface area contributed by atoms with E-state index in [1.54, 1.807) is 6.07 Å². The largest absolute Gasteiger partial charge is 0.335 e. The normalized spacial score (nSPS) is 23.1. The highest BCUT2D eigenvalue weighted by Gasteiger charge is 2.43. The minimum atomic E-state index is -0.224. The van der Waals surface area contributed by atoms with Crippen molar-refractivity contribution in [2.24, 2.45) is 0 Å². The summed E-state index contributed by atoms with van der Waals surface area (Å²) in [6, 6.07) is 14.5. The molecule has 0 N–H and O–H groups in total.